The van der Waals surface area contributed by atoms with E-state index in [1.807, 2.05) is 26.1 Å². The molecule has 0 aromatic carbocycles. The topological polar surface area (TPSA) is 24.4 Å². The first-order chi connectivity index (χ1) is 5.76. The summed E-state index contributed by atoms with van der Waals surface area (Å²) in [5.41, 5.74) is 0.951. The summed E-state index contributed by atoms with van der Waals surface area (Å²) in [5.74, 6) is 0. The first-order valence-electron chi connectivity index (χ1n) is 3.91. The summed E-state index contributed by atoms with van der Waals surface area (Å²) < 4.78 is 0. The van der Waals surface area contributed by atoms with E-state index in [1.54, 1.807) is 6.08 Å². The van der Waals surface area contributed by atoms with E-state index < -0.39 is 0 Å². The lowest BCUT2D eigenvalue weighted by atomic mass is 10.2. The first-order valence-corrected chi connectivity index (χ1v) is 3.91. The summed E-state index contributed by atoms with van der Waals surface area (Å²) in [7, 11) is 1.89. The van der Waals surface area contributed by atoms with Crippen LogP contribution in [0.4, 0.5) is 0 Å². The molecule has 0 spiro atoms. The predicted octanol–water partition coefficient (Wildman–Crippen LogP) is 1.92. The molecule has 0 rings (SSSR count). The van der Waals surface area contributed by atoms with E-state index in [1.165, 1.54) is 6.20 Å². The van der Waals surface area contributed by atoms with Crippen LogP contribution in [0.25, 0.3) is 0 Å². The van der Waals surface area contributed by atoms with Gasteiger partial charge in [-0.3, -0.25) is 4.99 Å². The summed E-state index contributed by atoms with van der Waals surface area (Å²) in [4.78, 5) is 4.12. The molecule has 0 radical (unpaired) electrons. The van der Waals surface area contributed by atoms with E-state index >= 15 is 0 Å². The molecule has 0 fully saturated rings. The Hall–Kier alpha value is -1.15. The van der Waals surface area contributed by atoms with E-state index in [4.69, 9.17) is 0 Å². The number of hydrogen-bond donors (Lipinski definition) is 1. The molecular weight excluding hydrogens is 148 g/mol. The van der Waals surface area contributed by atoms with Gasteiger partial charge >= 0.3 is 0 Å². The van der Waals surface area contributed by atoms with Gasteiger partial charge in [0.05, 0.1) is 5.71 Å². The van der Waals surface area contributed by atoms with E-state index in [2.05, 4.69) is 23.5 Å². The summed E-state index contributed by atoms with van der Waals surface area (Å²) in [6.07, 6.45) is 7.03. The van der Waals surface area contributed by atoms with Gasteiger partial charge in [0, 0.05) is 12.2 Å². The maximum atomic E-state index is 4.12. The van der Waals surface area contributed by atoms with E-state index in [9.17, 15) is 0 Å². The molecule has 12 heavy (non-hydrogen) atoms. The van der Waals surface area contributed by atoms with Gasteiger partial charge in [-0.25, -0.2) is 0 Å². The molecule has 0 aromatic rings. The molecule has 0 bridgehead atoms. The minimum Gasteiger partial charge on any atom is -0.312 e. The van der Waals surface area contributed by atoms with Crippen LogP contribution in [0.15, 0.2) is 42.6 Å². The molecule has 1 N–H and O–H groups in total. The van der Waals surface area contributed by atoms with Gasteiger partial charge in [0.1, 0.15) is 0 Å². The van der Waals surface area contributed by atoms with Crippen LogP contribution in [-0.4, -0.2) is 18.8 Å². The molecule has 1 unspecified atom stereocenters. The maximum Gasteiger partial charge on any atom is 0.0569 e. The minimum atomic E-state index is 0.235. The molecule has 0 aromatic heterocycles. The zero-order valence-corrected chi connectivity index (χ0v) is 7.75. The van der Waals surface area contributed by atoms with Gasteiger partial charge in [0.2, 0.25) is 0 Å². The third kappa shape index (κ3) is 3.88. The summed E-state index contributed by atoms with van der Waals surface area (Å²) in [5, 5.41) is 3.09. The lowest BCUT2D eigenvalue weighted by Crippen LogP contribution is -2.29. The third-order valence-corrected chi connectivity index (χ3v) is 1.52. The van der Waals surface area contributed by atoms with Gasteiger partial charge in [-0.15, -0.1) is 0 Å². The van der Waals surface area contributed by atoms with E-state index in [-0.39, 0.29) is 6.04 Å². The molecule has 2 heteroatoms. The summed E-state index contributed by atoms with van der Waals surface area (Å²) in [6.45, 7) is 9.18. The van der Waals surface area contributed by atoms with Crippen molar-refractivity contribution in [1.82, 2.24) is 5.32 Å². The second kappa shape index (κ2) is 6.55. The molecule has 2 nitrogen and oxygen atoms in total. The Balaban J connectivity index is 4.42. The van der Waals surface area contributed by atoms with Crippen LogP contribution in [0.1, 0.15) is 6.92 Å². The number of aliphatic imine (C=N–C) groups is 1. The SMILES string of the molecule is C=C/C=C\C(=N/C=C)C(C)NC. The Morgan fingerprint density at radius 3 is 2.58 bits per heavy atom. The van der Waals surface area contributed by atoms with Crippen LogP contribution in [0.5, 0.6) is 0 Å². The number of hydrogen-bond acceptors (Lipinski definition) is 2. The van der Waals surface area contributed by atoms with E-state index in [0.29, 0.717) is 0 Å². The van der Waals surface area contributed by atoms with Gasteiger partial charge in [-0.1, -0.05) is 25.3 Å². The first kappa shape index (κ1) is 10.8. The van der Waals surface area contributed by atoms with Gasteiger partial charge in [-0.05, 0) is 20.0 Å². The molecule has 0 saturated heterocycles. The fourth-order valence-corrected chi connectivity index (χ4v) is 0.719. The minimum absolute atomic E-state index is 0.235. The van der Waals surface area contributed by atoms with Crippen LogP contribution in [0, 0.1) is 0 Å². The van der Waals surface area contributed by atoms with Crippen LogP contribution in [0.3, 0.4) is 0 Å². The van der Waals surface area contributed by atoms with Crippen LogP contribution in [0.2, 0.25) is 0 Å². The van der Waals surface area contributed by atoms with Gasteiger partial charge in [-0.2, -0.15) is 0 Å². The second-order valence-electron chi connectivity index (χ2n) is 2.34. The largest absolute Gasteiger partial charge is 0.312 e. The Bertz CT molecular complexity index is 202. The molecule has 1 atom stereocenters. The highest BCUT2D eigenvalue weighted by molar-refractivity contribution is 5.99. The lowest BCUT2D eigenvalue weighted by molar-refractivity contribution is 0.765. The van der Waals surface area contributed by atoms with Crippen molar-refractivity contribution in [1.29, 1.82) is 0 Å². The standard InChI is InChI=1S/C10H16N2/c1-5-7-8-10(12-6-2)9(3)11-4/h5-9,11H,1-2H2,3-4H3/b8-7-,12-10+. The van der Waals surface area contributed by atoms with Crippen molar-refractivity contribution in [3.63, 3.8) is 0 Å². The number of nitrogens with one attached hydrogen (secondary N) is 1. The Labute approximate surface area is 74.4 Å². The number of allylic oxidation sites excluding steroid dienone is 2. The predicted molar refractivity (Wildman–Crippen MR) is 55.5 cm³/mol. The van der Waals surface area contributed by atoms with Crippen LogP contribution >= 0.6 is 0 Å². The molecule has 0 aliphatic heterocycles. The fourth-order valence-electron chi connectivity index (χ4n) is 0.719. The molecule has 0 saturated carbocycles. The Kier molecular flexibility index (Phi) is 5.93. The Morgan fingerprint density at radius 2 is 2.17 bits per heavy atom. The molecule has 66 valence electrons. The number of rotatable bonds is 5. The van der Waals surface area contributed by atoms with Crippen molar-refractivity contribution in [3.8, 4) is 0 Å². The zero-order chi connectivity index (χ0) is 9.40. The van der Waals surface area contributed by atoms with Gasteiger partial charge in [0.15, 0.2) is 0 Å². The zero-order valence-electron chi connectivity index (χ0n) is 7.75. The van der Waals surface area contributed by atoms with Crippen molar-refractivity contribution >= 4 is 5.71 Å². The molecule has 0 aliphatic carbocycles. The fraction of sp³-hybridized carbons (Fsp3) is 0.300. The van der Waals surface area contributed by atoms with Crippen molar-refractivity contribution in [2.24, 2.45) is 4.99 Å². The monoisotopic (exact) mass is 164 g/mol. The Morgan fingerprint density at radius 1 is 1.50 bits per heavy atom. The molecule has 0 aliphatic rings. The highest BCUT2D eigenvalue weighted by atomic mass is 14.9. The highest BCUT2D eigenvalue weighted by Gasteiger charge is 2.01. The lowest BCUT2D eigenvalue weighted by Gasteiger charge is -2.08. The quantitative estimate of drug-likeness (QED) is 0.487. The average molecular weight is 164 g/mol. The summed E-state index contributed by atoms with van der Waals surface area (Å²) >= 11 is 0. The van der Waals surface area contributed by atoms with Crippen molar-refractivity contribution in [2.45, 2.75) is 13.0 Å². The third-order valence-electron chi connectivity index (χ3n) is 1.52. The molecule has 0 heterocycles. The van der Waals surface area contributed by atoms with Crippen molar-refractivity contribution in [2.75, 3.05) is 7.05 Å². The van der Waals surface area contributed by atoms with Gasteiger partial charge < -0.3 is 5.32 Å². The highest BCUT2D eigenvalue weighted by Crippen LogP contribution is 1.91. The van der Waals surface area contributed by atoms with Crippen molar-refractivity contribution < 1.29 is 0 Å². The normalized spacial score (nSPS) is 14.7. The molecular formula is C10H16N2. The molecule has 0 amide bonds. The second-order valence-corrected chi connectivity index (χ2v) is 2.34. The van der Waals surface area contributed by atoms with Crippen LogP contribution < -0.4 is 5.32 Å². The van der Waals surface area contributed by atoms with E-state index in [0.717, 1.165) is 5.71 Å². The maximum absolute atomic E-state index is 4.12. The average Bonchev–Trinajstić information content (AvgIpc) is 2.11. The number of nitrogens with zero attached hydrogens (tertiary/aromatic N) is 1. The van der Waals surface area contributed by atoms with Crippen molar-refractivity contribution in [3.05, 3.63) is 37.6 Å². The van der Waals surface area contributed by atoms with Gasteiger partial charge in [0.25, 0.3) is 0 Å². The van der Waals surface area contributed by atoms with Crippen LogP contribution in [-0.2, 0) is 0 Å². The smallest absolute Gasteiger partial charge is 0.0569 e. The summed E-state index contributed by atoms with van der Waals surface area (Å²) in [6, 6.07) is 0.235.